The monoisotopic (exact) mass is 342 g/mol. The van der Waals surface area contributed by atoms with Crippen LogP contribution in [0.3, 0.4) is 0 Å². The molecule has 0 saturated carbocycles. The topological polar surface area (TPSA) is 49.4 Å². The van der Waals surface area contributed by atoms with Gasteiger partial charge in [0.15, 0.2) is 0 Å². The zero-order valence-corrected chi connectivity index (χ0v) is 14.0. The standard InChI is InChI=1S/C19H19ClN2O2/c20-16-8-4-5-9-17(16)22-13-15(12-18(22)23)19(24)21-11-10-14-6-2-1-3-7-14/h1-9,15H,10-13H2,(H,21,24)/t15-/m1/s1. The lowest BCUT2D eigenvalue weighted by Crippen LogP contribution is -2.34. The molecule has 24 heavy (non-hydrogen) atoms. The highest BCUT2D eigenvalue weighted by Gasteiger charge is 2.35. The molecule has 0 aliphatic carbocycles. The minimum Gasteiger partial charge on any atom is -0.355 e. The minimum absolute atomic E-state index is 0.0636. The number of carbonyl (C=O) groups excluding carboxylic acids is 2. The Morgan fingerprint density at radius 2 is 1.83 bits per heavy atom. The summed E-state index contributed by atoms with van der Waals surface area (Å²) in [5.74, 6) is -0.468. The molecule has 0 radical (unpaired) electrons. The molecule has 4 nitrogen and oxygen atoms in total. The van der Waals surface area contributed by atoms with Crippen LogP contribution >= 0.6 is 11.6 Å². The first-order valence-electron chi connectivity index (χ1n) is 8.01. The number of hydrogen-bond acceptors (Lipinski definition) is 2. The fourth-order valence-electron chi connectivity index (χ4n) is 2.91. The molecule has 1 aliphatic rings. The number of para-hydroxylation sites is 1. The van der Waals surface area contributed by atoms with Crippen LogP contribution in [0.15, 0.2) is 54.6 Å². The van der Waals surface area contributed by atoms with Crippen LogP contribution in [0, 0.1) is 5.92 Å². The van der Waals surface area contributed by atoms with Gasteiger partial charge in [0.05, 0.1) is 16.6 Å². The Labute approximate surface area is 146 Å². The number of nitrogens with zero attached hydrogens (tertiary/aromatic N) is 1. The molecular formula is C19H19ClN2O2. The van der Waals surface area contributed by atoms with Gasteiger partial charge in [0.25, 0.3) is 0 Å². The summed E-state index contributed by atoms with van der Waals surface area (Å²) in [4.78, 5) is 26.1. The van der Waals surface area contributed by atoms with Crippen molar-refractivity contribution in [2.45, 2.75) is 12.8 Å². The third-order valence-corrected chi connectivity index (χ3v) is 4.51. The maximum atomic E-state index is 12.3. The molecule has 1 fully saturated rings. The predicted molar refractivity (Wildman–Crippen MR) is 95.1 cm³/mol. The van der Waals surface area contributed by atoms with Crippen LogP contribution in [0.25, 0.3) is 0 Å². The van der Waals surface area contributed by atoms with Gasteiger partial charge in [-0.05, 0) is 24.1 Å². The van der Waals surface area contributed by atoms with E-state index in [1.807, 2.05) is 42.5 Å². The summed E-state index contributed by atoms with van der Waals surface area (Å²) in [6.07, 6.45) is 1.00. The highest BCUT2D eigenvalue weighted by atomic mass is 35.5. The third kappa shape index (κ3) is 3.77. The lowest BCUT2D eigenvalue weighted by Gasteiger charge is -2.18. The van der Waals surface area contributed by atoms with Crippen molar-refractivity contribution in [1.82, 2.24) is 5.32 Å². The number of rotatable bonds is 5. The van der Waals surface area contributed by atoms with Crippen molar-refractivity contribution in [1.29, 1.82) is 0 Å². The predicted octanol–water partition coefficient (Wildman–Crippen LogP) is 3.05. The first-order valence-corrected chi connectivity index (χ1v) is 8.39. The maximum absolute atomic E-state index is 12.3. The Hall–Kier alpha value is -2.33. The summed E-state index contributed by atoms with van der Waals surface area (Å²) in [6, 6.07) is 17.2. The molecule has 1 aliphatic heterocycles. The number of nitrogens with one attached hydrogen (secondary N) is 1. The average Bonchev–Trinajstić information content (AvgIpc) is 2.98. The van der Waals surface area contributed by atoms with Gasteiger partial charge in [0.2, 0.25) is 11.8 Å². The van der Waals surface area contributed by atoms with E-state index in [0.717, 1.165) is 6.42 Å². The van der Waals surface area contributed by atoms with Crippen LogP contribution < -0.4 is 10.2 Å². The van der Waals surface area contributed by atoms with Crippen LogP contribution in [-0.2, 0) is 16.0 Å². The SMILES string of the molecule is O=C(NCCc1ccccc1)[C@@H]1CC(=O)N(c2ccccc2Cl)C1. The van der Waals surface area contributed by atoms with Crippen LogP contribution in [-0.4, -0.2) is 24.9 Å². The van der Waals surface area contributed by atoms with Gasteiger partial charge in [0, 0.05) is 19.5 Å². The van der Waals surface area contributed by atoms with Crippen LogP contribution in [0.1, 0.15) is 12.0 Å². The van der Waals surface area contributed by atoms with Crippen molar-refractivity contribution in [3.8, 4) is 0 Å². The van der Waals surface area contributed by atoms with E-state index in [1.54, 1.807) is 17.0 Å². The molecule has 1 atom stereocenters. The summed E-state index contributed by atoms with van der Waals surface area (Å²) < 4.78 is 0. The molecule has 2 aromatic rings. The van der Waals surface area contributed by atoms with E-state index < -0.39 is 0 Å². The minimum atomic E-state index is -0.329. The van der Waals surface area contributed by atoms with Crippen molar-refractivity contribution in [3.05, 3.63) is 65.2 Å². The van der Waals surface area contributed by atoms with E-state index in [9.17, 15) is 9.59 Å². The fourth-order valence-corrected chi connectivity index (χ4v) is 3.14. The first kappa shape index (κ1) is 16.5. The summed E-state index contributed by atoms with van der Waals surface area (Å²) in [7, 11) is 0. The Morgan fingerprint density at radius 1 is 1.12 bits per heavy atom. The number of hydrogen-bond donors (Lipinski definition) is 1. The molecule has 1 heterocycles. The van der Waals surface area contributed by atoms with E-state index in [2.05, 4.69) is 5.32 Å². The van der Waals surface area contributed by atoms with Crippen LogP contribution in [0.2, 0.25) is 5.02 Å². The quantitative estimate of drug-likeness (QED) is 0.908. The highest BCUT2D eigenvalue weighted by Crippen LogP contribution is 2.30. The summed E-state index contributed by atoms with van der Waals surface area (Å²) >= 11 is 6.15. The molecule has 0 aromatic heterocycles. The van der Waals surface area contributed by atoms with Crippen molar-refractivity contribution in [2.24, 2.45) is 5.92 Å². The Morgan fingerprint density at radius 3 is 2.58 bits per heavy atom. The number of halogens is 1. The maximum Gasteiger partial charge on any atom is 0.227 e. The van der Waals surface area contributed by atoms with Gasteiger partial charge in [-0.25, -0.2) is 0 Å². The highest BCUT2D eigenvalue weighted by molar-refractivity contribution is 6.33. The van der Waals surface area contributed by atoms with Gasteiger partial charge in [-0.3, -0.25) is 9.59 Å². The van der Waals surface area contributed by atoms with Crippen LogP contribution in [0.5, 0.6) is 0 Å². The molecule has 1 saturated heterocycles. The molecular weight excluding hydrogens is 324 g/mol. The summed E-state index contributed by atoms with van der Waals surface area (Å²) in [6.45, 7) is 0.944. The Kier molecular flexibility index (Phi) is 5.16. The van der Waals surface area contributed by atoms with E-state index >= 15 is 0 Å². The van der Waals surface area contributed by atoms with Crippen molar-refractivity contribution < 1.29 is 9.59 Å². The van der Waals surface area contributed by atoms with E-state index in [4.69, 9.17) is 11.6 Å². The lowest BCUT2D eigenvalue weighted by molar-refractivity contribution is -0.126. The molecule has 1 N–H and O–H groups in total. The number of benzene rings is 2. The molecule has 124 valence electrons. The normalized spacial score (nSPS) is 17.1. The Bertz CT molecular complexity index is 733. The van der Waals surface area contributed by atoms with E-state index in [0.29, 0.717) is 23.8 Å². The molecule has 0 spiro atoms. The molecule has 0 unspecified atom stereocenters. The number of anilines is 1. The third-order valence-electron chi connectivity index (χ3n) is 4.19. The summed E-state index contributed by atoms with van der Waals surface area (Å²) in [5, 5.41) is 3.45. The molecule has 0 bridgehead atoms. The molecule has 3 rings (SSSR count). The fraction of sp³-hybridized carbons (Fsp3) is 0.263. The van der Waals surface area contributed by atoms with Crippen LogP contribution in [0.4, 0.5) is 5.69 Å². The second-order valence-corrected chi connectivity index (χ2v) is 6.29. The van der Waals surface area contributed by atoms with Gasteiger partial charge >= 0.3 is 0 Å². The van der Waals surface area contributed by atoms with E-state index in [1.165, 1.54) is 5.56 Å². The molecule has 5 heteroatoms. The second kappa shape index (κ2) is 7.49. The zero-order valence-electron chi connectivity index (χ0n) is 13.2. The number of carbonyl (C=O) groups is 2. The zero-order chi connectivity index (χ0) is 16.9. The average molecular weight is 343 g/mol. The largest absolute Gasteiger partial charge is 0.355 e. The van der Waals surface area contributed by atoms with Crippen molar-refractivity contribution in [2.75, 3.05) is 18.0 Å². The lowest BCUT2D eigenvalue weighted by atomic mass is 10.1. The second-order valence-electron chi connectivity index (χ2n) is 5.88. The van der Waals surface area contributed by atoms with Gasteiger partial charge in [-0.2, -0.15) is 0 Å². The Balaban J connectivity index is 1.55. The van der Waals surface area contributed by atoms with E-state index in [-0.39, 0.29) is 24.2 Å². The van der Waals surface area contributed by atoms with Gasteiger partial charge in [0.1, 0.15) is 0 Å². The van der Waals surface area contributed by atoms with Gasteiger partial charge < -0.3 is 10.2 Å². The summed E-state index contributed by atoms with van der Waals surface area (Å²) in [5.41, 5.74) is 1.85. The molecule has 2 amide bonds. The smallest absolute Gasteiger partial charge is 0.227 e. The van der Waals surface area contributed by atoms with Gasteiger partial charge in [-0.1, -0.05) is 54.1 Å². The van der Waals surface area contributed by atoms with Crippen molar-refractivity contribution in [3.63, 3.8) is 0 Å². The van der Waals surface area contributed by atoms with Gasteiger partial charge in [-0.15, -0.1) is 0 Å². The number of amides is 2. The first-order chi connectivity index (χ1) is 11.6. The van der Waals surface area contributed by atoms with Crippen molar-refractivity contribution >= 4 is 29.1 Å². The molecule has 2 aromatic carbocycles.